The first-order chi connectivity index (χ1) is 10.5. The van der Waals surface area contributed by atoms with Gasteiger partial charge in [-0.3, -0.25) is 9.59 Å². The molecule has 120 valence electrons. The zero-order valence-electron chi connectivity index (χ0n) is 12.7. The molecule has 0 saturated carbocycles. The smallest absolute Gasteiger partial charge is 0.255 e. The molecular formula is C15H20ClN3O3. The van der Waals surface area contributed by atoms with Crippen LogP contribution in [0.4, 0.5) is 5.69 Å². The number of nitrogens with two attached hydrogens (primary N) is 1. The summed E-state index contributed by atoms with van der Waals surface area (Å²) in [4.78, 5) is 25.8. The number of ether oxygens (including phenoxy) is 1. The van der Waals surface area contributed by atoms with E-state index < -0.39 is 0 Å². The van der Waals surface area contributed by atoms with Crippen LogP contribution in [0.15, 0.2) is 12.1 Å². The van der Waals surface area contributed by atoms with Gasteiger partial charge in [0.15, 0.2) is 0 Å². The number of benzene rings is 1. The molecule has 7 heteroatoms. The van der Waals surface area contributed by atoms with Gasteiger partial charge in [-0.2, -0.15) is 0 Å². The van der Waals surface area contributed by atoms with Crippen molar-refractivity contribution < 1.29 is 14.3 Å². The van der Waals surface area contributed by atoms with Gasteiger partial charge in [-0.25, -0.2) is 0 Å². The highest BCUT2D eigenvalue weighted by atomic mass is 35.5. The highest BCUT2D eigenvalue weighted by Crippen LogP contribution is 2.29. The molecule has 0 aliphatic carbocycles. The number of halogens is 1. The van der Waals surface area contributed by atoms with Crippen LogP contribution in [-0.4, -0.2) is 43.0 Å². The lowest BCUT2D eigenvalue weighted by Crippen LogP contribution is -2.38. The minimum Gasteiger partial charge on any atom is -0.496 e. The molecule has 1 unspecified atom stereocenters. The fourth-order valence-corrected chi connectivity index (χ4v) is 2.67. The molecule has 2 amide bonds. The molecule has 0 aromatic heterocycles. The number of nitrogens with one attached hydrogen (secondary N) is 1. The fourth-order valence-electron chi connectivity index (χ4n) is 2.51. The lowest BCUT2D eigenvalue weighted by atomic mass is 10.1. The Morgan fingerprint density at radius 1 is 1.50 bits per heavy atom. The molecule has 1 aliphatic rings. The second kappa shape index (κ2) is 6.87. The largest absolute Gasteiger partial charge is 0.496 e. The minimum absolute atomic E-state index is 0.0657. The standard InChI is InChI=1S/C15H20ClN3O3/c1-3-14(20)19-5-4-9(8-19)18-15(21)10-6-11(16)12(17)7-13(10)22-2/h6-7,9H,3-5,8,17H2,1-2H3,(H,18,21). The first-order valence-electron chi connectivity index (χ1n) is 7.17. The number of methoxy groups -OCH3 is 1. The van der Waals surface area contributed by atoms with Crippen LogP contribution < -0.4 is 15.8 Å². The second-order valence-electron chi connectivity index (χ2n) is 5.23. The maximum absolute atomic E-state index is 12.4. The Kier molecular flexibility index (Phi) is 5.13. The van der Waals surface area contributed by atoms with Crippen molar-refractivity contribution in [3.05, 3.63) is 22.7 Å². The lowest BCUT2D eigenvalue weighted by Gasteiger charge is -2.17. The summed E-state index contributed by atoms with van der Waals surface area (Å²) in [6.07, 6.45) is 1.21. The Morgan fingerprint density at radius 2 is 2.23 bits per heavy atom. The van der Waals surface area contributed by atoms with Gasteiger partial charge in [0.05, 0.1) is 23.4 Å². The van der Waals surface area contributed by atoms with Gasteiger partial charge < -0.3 is 20.7 Å². The minimum atomic E-state index is -0.283. The molecule has 1 saturated heterocycles. The van der Waals surface area contributed by atoms with Crippen LogP contribution in [0.1, 0.15) is 30.1 Å². The first kappa shape index (κ1) is 16.4. The van der Waals surface area contributed by atoms with E-state index in [0.29, 0.717) is 41.5 Å². The third-order valence-corrected chi connectivity index (χ3v) is 4.07. The zero-order chi connectivity index (χ0) is 16.3. The molecule has 1 aromatic carbocycles. The van der Waals surface area contributed by atoms with Gasteiger partial charge in [-0.15, -0.1) is 0 Å². The molecule has 3 N–H and O–H groups in total. The summed E-state index contributed by atoms with van der Waals surface area (Å²) in [6.45, 7) is 3.02. The Morgan fingerprint density at radius 3 is 2.86 bits per heavy atom. The second-order valence-corrected chi connectivity index (χ2v) is 5.63. The summed E-state index contributed by atoms with van der Waals surface area (Å²) in [5.74, 6) is 0.193. The maximum Gasteiger partial charge on any atom is 0.255 e. The predicted octanol–water partition coefficient (Wildman–Crippen LogP) is 1.67. The topological polar surface area (TPSA) is 84.7 Å². The summed E-state index contributed by atoms with van der Waals surface area (Å²) < 4.78 is 5.18. The van der Waals surface area contributed by atoms with Crippen LogP contribution in [0.25, 0.3) is 0 Å². The number of hydrogen-bond acceptors (Lipinski definition) is 4. The number of nitrogen functional groups attached to an aromatic ring is 1. The van der Waals surface area contributed by atoms with Crippen LogP contribution >= 0.6 is 11.6 Å². The van der Waals surface area contributed by atoms with Gasteiger partial charge in [0, 0.05) is 31.6 Å². The summed E-state index contributed by atoms with van der Waals surface area (Å²) in [7, 11) is 1.47. The fraction of sp³-hybridized carbons (Fsp3) is 0.467. The highest BCUT2D eigenvalue weighted by Gasteiger charge is 2.27. The zero-order valence-corrected chi connectivity index (χ0v) is 13.4. The average Bonchev–Trinajstić information content (AvgIpc) is 2.97. The van der Waals surface area contributed by atoms with E-state index in [0.717, 1.165) is 6.42 Å². The number of anilines is 1. The van der Waals surface area contributed by atoms with Crippen LogP contribution in [0, 0.1) is 0 Å². The third-order valence-electron chi connectivity index (χ3n) is 3.74. The van der Waals surface area contributed by atoms with E-state index in [4.69, 9.17) is 22.1 Å². The van der Waals surface area contributed by atoms with Gasteiger partial charge >= 0.3 is 0 Å². The SMILES string of the molecule is CCC(=O)N1CCC(NC(=O)c2cc(Cl)c(N)cc2OC)C1. The number of carbonyl (C=O) groups is 2. The molecule has 0 radical (unpaired) electrons. The predicted molar refractivity (Wildman–Crippen MR) is 85.2 cm³/mol. The molecule has 22 heavy (non-hydrogen) atoms. The molecule has 1 heterocycles. The summed E-state index contributed by atoms with van der Waals surface area (Å²) >= 11 is 5.97. The van der Waals surface area contributed by atoms with E-state index in [1.165, 1.54) is 19.2 Å². The molecular weight excluding hydrogens is 306 g/mol. The van der Waals surface area contributed by atoms with Crippen LogP contribution in [0.5, 0.6) is 5.75 Å². The van der Waals surface area contributed by atoms with Gasteiger partial charge in [0.2, 0.25) is 5.91 Å². The molecule has 1 atom stereocenters. The Hall–Kier alpha value is -1.95. The summed E-state index contributed by atoms with van der Waals surface area (Å²) in [5, 5.41) is 3.22. The maximum atomic E-state index is 12.4. The first-order valence-corrected chi connectivity index (χ1v) is 7.55. The number of nitrogens with zero attached hydrogens (tertiary/aromatic N) is 1. The van der Waals surface area contributed by atoms with E-state index in [9.17, 15) is 9.59 Å². The van der Waals surface area contributed by atoms with Crippen LogP contribution in [0.2, 0.25) is 5.02 Å². The third kappa shape index (κ3) is 3.44. The van der Waals surface area contributed by atoms with Gasteiger partial charge in [-0.1, -0.05) is 18.5 Å². The van der Waals surface area contributed by atoms with Crippen molar-refractivity contribution in [1.29, 1.82) is 0 Å². The van der Waals surface area contributed by atoms with Crippen molar-refractivity contribution in [2.75, 3.05) is 25.9 Å². The lowest BCUT2D eigenvalue weighted by molar-refractivity contribution is -0.129. The Balaban J connectivity index is 2.07. The van der Waals surface area contributed by atoms with E-state index in [1.54, 1.807) is 4.90 Å². The molecule has 2 rings (SSSR count). The number of amides is 2. The monoisotopic (exact) mass is 325 g/mol. The van der Waals surface area contributed by atoms with E-state index in [1.807, 2.05) is 6.92 Å². The Bertz CT molecular complexity index is 592. The molecule has 1 aromatic rings. The van der Waals surface area contributed by atoms with Gasteiger partial charge in [-0.05, 0) is 12.5 Å². The highest BCUT2D eigenvalue weighted by molar-refractivity contribution is 6.33. The number of rotatable bonds is 4. The van der Waals surface area contributed by atoms with Crippen molar-refractivity contribution in [2.45, 2.75) is 25.8 Å². The summed E-state index contributed by atoms with van der Waals surface area (Å²) in [5.41, 5.74) is 6.40. The van der Waals surface area contributed by atoms with E-state index in [2.05, 4.69) is 5.32 Å². The molecule has 6 nitrogen and oxygen atoms in total. The van der Waals surface area contributed by atoms with E-state index >= 15 is 0 Å². The molecule has 0 bridgehead atoms. The number of likely N-dealkylation sites (tertiary alicyclic amines) is 1. The van der Waals surface area contributed by atoms with Gasteiger partial charge in [0.1, 0.15) is 5.75 Å². The van der Waals surface area contributed by atoms with Crippen molar-refractivity contribution in [3.63, 3.8) is 0 Å². The molecule has 1 aliphatic heterocycles. The number of carbonyl (C=O) groups excluding carboxylic acids is 2. The van der Waals surface area contributed by atoms with Crippen molar-refractivity contribution >= 4 is 29.1 Å². The molecule has 1 fully saturated rings. The normalized spacial score (nSPS) is 17.4. The van der Waals surface area contributed by atoms with Crippen molar-refractivity contribution in [1.82, 2.24) is 10.2 Å². The van der Waals surface area contributed by atoms with Crippen LogP contribution in [0.3, 0.4) is 0 Å². The summed E-state index contributed by atoms with van der Waals surface area (Å²) in [6, 6.07) is 2.96. The van der Waals surface area contributed by atoms with Crippen molar-refractivity contribution in [3.8, 4) is 5.75 Å². The van der Waals surface area contributed by atoms with Crippen molar-refractivity contribution in [2.24, 2.45) is 0 Å². The quantitative estimate of drug-likeness (QED) is 0.825. The van der Waals surface area contributed by atoms with E-state index in [-0.39, 0.29) is 17.9 Å². The average molecular weight is 326 g/mol. The molecule has 0 spiro atoms. The van der Waals surface area contributed by atoms with Gasteiger partial charge in [0.25, 0.3) is 5.91 Å². The number of hydrogen-bond donors (Lipinski definition) is 2. The van der Waals surface area contributed by atoms with Crippen LogP contribution in [-0.2, 0) is 4.79 Å². The Labute approximate surface area is 134 Å².